The third-order valence-corrected chi connectivity index (χ3v) is 3.41. The Morgan fingerprint density at radius 1 is 1.09 bits per heavy atom. The first kappa shape index (κ1) is 17.4. The number of carbonyl (C=O) groups is 1. The summed E-state index contributed by atoms with van der Waals surface area (Å²) in [6.07, 6.45) is -4.44. The van der Waals surface area contributed by atoms with Gasteiger partial charge in [-0.15, -0.1) is 0 Å². The zero-order valence-electron chi connectivity index (χ0n) is 11.5. The Labute approximate surface area is 140 Å². The first-order chi connectivity index (χ1) is 10.8. The minimum absolute atomic E-state index is 0.187. The lowest BCUT2D eigenvalue weighted by Crippen LogP contribution is -2.22. The zero-order chi connectivity index (χ0) is 17.0. The first-order valence-electron chi connectivity index (χ1n) is 6.42. The van der Waals surface area contributed by atoms with Crippen LogP contribution in [-0.2, 0) is 11.0 Å². The lowest BCUT2D eigenvalue weighted by molar-refractivity contribution is -0.137. The van der Waals surface area contributed by atoms with Crippen LogP contribution in [0.15, 0.2) is 42.5 Å². The molecule has 0 spiro atoms. The molecule has 0 heterocycles. The van der Waals surface area contributed by atoms with E-state index in [4.69, 9.17) is 23.2 Å². The summed E-state index contributed by atoms with van der Waals surface area (Å²) in [4.78, 5) is 11.8. The second-order valence-electron chi connectivity index (χ2n) is 4.60. The van der Waals surface area contributed by atoms with E-state index in [1.807, 2.05) is 0 Å². The Hall–Kier alpha value is -1.92. The molecule has 0 aromatic heterocycles. The van der Waals surface area contributed by atoms with Crippen LogP contribution in [0.1, 0.15) is 5.56 Å². The molecule has 0 bridgehead atoms. The summed E-state index contributed by atoms with van der Waals surface area (Å²) >= 11 is 11.7. The third-order valence-electron chi connectivity index (χ3n) is 2.85. The lowest BCUT2D eigenvalue weighted by atomic mass is 10.2. The van der Waals surface area contributed by atoms with E-state index >= 15 is 0 Å². The van der Waals surface area contributed by atoms with Crippen LogP contribution in [0, 0.1) is 0 Å². The molecule has 0 atom stereocenters. The van der Waals surface area contributed by atoms with Crippen LogP contribution in [0.4, 0.5) is 24.5 Å². The van der Waals surface area contributed by atoms with E-state index < -0.39 is 17.6 Å². The normalized spacial score (nSPS) is 11.2. The topological polar surface area (TPSA) is 41.1 Å². The number of anilines is 2. The molecule has 0 aliphatic carbocycles. The largest absolute Gasteiger partial charge is 0.416 e. The molecular weight excluding hydrogens is 352 g/mol. The maximum absolute atomic E-state index is 12.6. The van der Waals surface area contributed by atoms with E-state index in [0.717, 1.165) is 12.1 Å². The van der Waals surface area contributed by atoms with Gasteiger partial charge in [-0.25, -0.2) is 0 Å². The van der Waals surface area contributed by atoms with E-state index in [2.05, 4.69) is 10.6 Å². The van der Waals surface area contributed by atoms with Gasteiger partial charge in [0.05, 0.1) is 22.8 Å². The fraction of sp³-hybridized carbons (Fsp3) is 0.133. The minimum Gasteiger partial charge on any atom is -0.376 e. The van der Waals surface area contributed by atoms with Crippen molar-refractivity contribution >= 4 is 40.5 Å². The average molecular weight is 363 g/mol. The van der Waals surface area contributed by atoms with Crippen molar-refractivity contribution in [1.82, 2.24) is 0 Å². The number of hydrogen-bond acceptors (Lipinski definition) is 2. The molecular formula is C15H11Cl2F3N2O. The SMILES string of the molecule is O=C(CNc1cccc(C(F)(F)F)c1)Nc1cc(Cl)ccc1Cl. The Morgan fingerprint density at radius 3 is 2.52 bits per heavy atom. The van der Waals surface area contributed by atoms with Gasteiger partial charge in [-0.05, 0) is 36.4 Å². The smallest absolute Gasteiger partial charge is 0.376 e. The molecule has 8 heteroatoms. The molecule has 122 valence electrons. The van der Waals surface area contributed by atoms with Gasteiger partial charge in [0.1, 0.15) is 0 Å². The van der Waals surface area contributed by atoms with Crippen molar-refractivity contribution in [2.24, 2.45) is 0 Å². The summed E-state index contributed by atoms with van der Waals surface area (Å²) < 4.78 is 37.8. The highest BCUT2D eigenvalue weighted by Crippen LogP contribution is 2.30. The average Bonchev–Trinajstić information content (AvgIpc) is 2.48. The molecule has 0 saturated carbocycles. The van der Waals surface area contributed by atoms with Crippen molar-refractivity contribution in [3.8, 4) is 0 Å². The molecule has 0 unspecified atom stereocenters. The molecule has 0 aliphatic heterocycles. The van der Waals surface area contributed by atoms with E-state index in [1.54, 1.807) is 6.07 Å². The maximum atomic E-state index is 12.6. The standard InChI is InChI=1S/C15H11Cl2F3N2O/c16-10-4-5-12(17)13(7-10)22-14(23)8-21-11-3-1-2-9(6-11)15(18,19)20/h1-7,21H,8H2,(H,22,23). The van der Waals surface area contributed by atoms with Crippen LogP contribution in [0.5, 0.6) is 0 Å². The van der Waals surface area contributed by atoms with Crippen molar-refractivity contribution in [3.63, 3.8) is 0 Å². The maximum Gasteiger partial charge on any atom is 0.416 e. The summed E-state index contributed by atoms with van der Waals surface area (Å²) in [6, 6.07) is 9.16. The van der Waals surface area contributed by atoms with Crippen LogP contribution in [-0.4, -0.2) is 12.5 Å². The number of carbonyl (C=O) groups excluding carboxylic acids is 1. The molecule has 1 amide bonds. The summed E-state index contributed by atoms with van der Waals surface area (Å²) in [6.45, 7) is -0.218. The van der Waals surface area contributed by atoms with Crippen molar-refractivity contribution in [3.05, 3.63) is 58.1 Å². The first-order valence-corrected chi connectivity index (χ1v) is 7.17. The fourth-order valence-corrected chi connectivity index (χ4v) is 2.11. The molecule has 0 aliphatic rings. The molecule has 2 rings (SSSR count). The van der Waals surface area contributed by atoms with E-state index in [0.29, 0.717) is 15.7 Å². The van der Waals surface area contributed by atoms with Crippen LogP contribution in [0.2, 0.25) is 10.0 Å². The molecule has 2 aromatic rings. The van der Waals surface area contributed by atoms with Gasteiger partial charge in [-0.1, -0.05) is 29.3 Å². The van der Waals surface area contributed by atoms with Crippen molar-refractivity contribution in [2.45, 2.75) is 6.18 Å². The zero-order valence-corrected chi connectivity index (χ0v) is 13.1. The summed E-state index contributed by atoms with van der Waals surface area (Å²) in [5.74, 6) is -0.466. The van der Waals surface area contributed by atoms with Crippen LogP contribution >= 0.6 is 23.2 Å². The Bertz CT molecular complexity index is 720. The van der Waals surface area contributed by atoms with Gasteiger partial charge in [0.2, 0.25) is 5.91 Å². The van der Waals surface area contributed by atoms with Crippen LogP contribution in [0.25, 0.3) is 0 Å². The summed E-state index contributed by atoms with van der Waals surface area (Å²) in [7, 11) is 0. The van der Waals surface area contributed by atoms with Crippen molar-refractivity contribution < 1.29 is 18.0 Å². The van der Waals surface area contributed by atoms with Gasteiger partial charge >= 0.3 is 6.18 Å². The number of hydrogen-bond donors (Lipinski definition) is 2. The monoisotopic (exact) mass is 362 g/mol. The van der Waals surface area contributed by atoms with Gasteiger partial charge in [0.15, 0.2) is 0 Å². The number of nitrogens with one attached hydrogen (secondary N) is 2. The van der Waals surface area contributed by atoms with E-state index in [1.165, 1.54) is 24.3 Å². The van der Waals surface area contributed by atoms with E-state index in [9.17, 15) is 18.0 Å². The quantitative estimate of drug-likeness (QED) is 0.797. The third kappa shape index (κ3) is 5.04. The molecule has 23 heavy (non-hydrogen) atoms. The predicted molar refractivity (Wildman–Crippen MR) is 85.0 cm³/mol. The fourth-order valence-electron chi connectivity index (χ4n) is 1.78. The highest BCUT2D eigenvalue weighted by molar-refractivity contribution is 6.35. The Balaban J connectivity index is 1.98. The molecule has 2 aromatic carbocycles. The number of amides is 1. The second-order valence-corrected chi connectivity index (χ2v) is 5.45. The molecule has 0 fully saturated rings. The van der Waals surface area contributed by atoms with Crippen molar-refractivity contribution in [2.75, 3.05) is 17.2 Å². The van der Waals surface area contributed by atoms with Crippen LogP contribution < -0.4 is 10.6 Å². The van der Waals surface area contributed by atoms with Gasteiger partial charge in [0, 0.05) is 10.7 Å². The Kier molecular flexibility index (Phi) is 5.38. The summed E-state index contributed by atoms with van der Waals surface area (Å²) in [5, 5.41) is 5.86. The van der Waals surface area contributed by atoms with E-state index in [-0.39, 0.29) is 12.2 Å². The lowest BCUT2D eigenvalue weighted by Gasteiger charge is -2.11. The molecule has 2 N–H and O–H groups in total. The predicted octanol–water partition coefficient (Wildman–Crippen LogP) is 5.06. The van der Waals surface area contributed by atoms with Crippen molar-refractivity contribution in [1.29, 1.82) is 0 Å². The molecule has 3 nitrogen and oxygen atoms in total. The molecule has 0 saturated heterocycles. The number of halogens is 5. The minimum atomic E-state index is -4.44. The summed E-state index contributed by atoms with van der Waals surface area (Å²) in [5.41, 5.74) is -0.275. The van der Waals surface area contributed by atoms with Gasteiger partial charge in [0.25, 0.3) is 0 Å². The number of benzene rings is 2. The van der Waals surface area contributed by atoms with Gasteiger partial charge < -0.3 is 10.6 Å². The highest BCUT2D eigenvalue weighted by Gasteiger charge is 2.30. The number of rotatable bonds is 4. The van der Waals surface area contributed by atoms with Crippen LogP contribution in [0.3, 0.4) is 0 Å². The Morgan fingerprint density at radius 2 is 1.83 bits per heavy atom. The number of alkyl halides is 3. The highest BCUT2D eigenvalue weighted by atomic mass is 35.5. The second kappa shape index (κ2) is 7.10. The van der Waals surface area contributed by atoms with Gasteiger partial charge in [-0.2, -0.15) is 13.2 Å². The molecule has 0 radical (unpaired) electrons. The van der Waals surface area contributed by atoms with Gasteiger partial charge in [-0.3, -0.25) is 4.79 Å².